The zero-order chi connectivity index (χ0) is 14.9. The summed E-state index contributed by atoms with van der Waals surface area (Å²) in [6.45, 7) is 9.85. The van der Waals surface area contributed by atoms with E-state index in [9.17, 15) is 0 Å². The predicted octanol–water partition coefficient (Wildman–Crippen LogP) is 1.12. The van der Waals surface area contributed by atoms with Crippen LogP contribution < -0.4 is 15.5 Å². The van der Waals surface area contributed by atoms with Crippen LogP contribution >= 0.6 is 0 Å². The number of anilines is 3. The Hall–Kier alpha value is -1.53. The fourth-order valence-electron chi connectivity index (χ4n) is 2.91. The van der Waals surface area contributed by atoms with Crippen LogP contribution in [0.1, 0.15) is 13.8 Å². The van der Waals surface area contributed by atoms with Gasteiger partial charge < -0.3 is 25.0 Å². The van der Waals surface area contributed by atoms with Gasteiger partial charge in [0, 0.05) is 26.2 Å². The molecule has 0 unspecified atom stereocenters. The highest BCUT2D eigenvalue weighted by Crippen LogP contribution is 2.28. The third kappa shape index (κ3) is 3.22. The number of ether oxygens (including phenoxy) is 2. The topological polar surface area (TPSA) is 63.9 Å². The van der Waals surface area contributed by atoms with E-state index in [0.717, 1.165) is 63.2 Å². The van der Waals surface area contributed by atoms with Crippen LogP contribution in [0.2, 0.25) is 0 Å². The van der Waals surface area contributed by atoms with Crippen LogP contribution in [-0.2, 0) is 9.47 Å². The molecule has 0 aromatic carbocycles. The van der Waals surface area contributed by atoms with E-state index in [-0.39, 0.29) is 5.60 Å². The van der Waals surface area contributed by atoms with Crippen molar-refractivity contribution in [2.45, 2.75) is 19.4 Å². The number of hydrogen-bond acceptors (Lipinski definition) is 6. The Labute approximate surface area is 125 Å². The van der Waals surface area contributed by atoms with Crippen molar-refractivity contribution in [3.05, 3.63) is 12.3 Å². The van der Waals surface area contributed by atoms with Crippen LogP contribution in [0, 0.1) is 0 Å². The number of morpholine rings is 2. The molecule has 0 radical (unpaired) electrons. The minimum atomic E-state index is -0.129. The molecule has 0 spiro atoms. The van der Waals surface area contributed by atoms with E-state index in [0.29, 0.717) is 0 Å². The van der Waals surface area contributed by atoms with Crippen molar-refractivity contribution in [3.63, 3.8) is 0 Å². The van der Waals surface area contributed by atoms with Crippen LogP contribution in [0.5, 0.6) is 0 Å². The second kappa shape index (κ2) is 5.69. The summed E-state index contributed by atoms with van der Waals surface area (Å²) in [5, 5.41) is 0. The van der Waals surface area contributed by atoms with Gasteiger partial charge in [0.2, 0.25) is 0 Å². The molecule has 2 N–H and O–H groups in total. The second-order valence-electron chi connectivity index (χ2n) is 6.24. The lowest BCUT2D eigenvalue weighted by molar-refractivity contribution is -0.0277. The minimum Gasteiger partial charge on any atom is -0.396 e. The van der Waals surface area contributed by atoms with Gasteiger partial charge in [-0.15, -0.1) is 0 Å². The molecule has 2 aliphatic heterocycles. The average molecular weight is 292 g/mol. The molecular weight excluding hydrogens is 268 g/mol. The molecule has 116 valence electrons. The summed E-state index contributed by atoms with van der Waals surface area (Å²) in [6, 6.07) is 2.03. The van der Waals surface area contributed by atoms with Gasteiger partial charge >= 0.3 is 0 Å². The van der Waals surface area contributed by atoms with E-state index >= 15 is 0 Å². The first kappa shape index (κ1) is 14.4. The summed E-state index contributed by atoms with van der Waals surface area (Å²) in [5.41, 5.74) is 7.90. The molecule has 2 aliphatic rings. The summed E-state index contributed by atoms with van der Waals surface area (Å²) in [5.74, 6) is 0.870. The van der Waals surface area contributed by atoms with Crippen LogP contribution in [0.3, 0.4) is 0 Å². The normalized spacial score (nSPS) is 22.4. The van der Waals surface area contributed by atoms with Crippen LogP contribution in [0.4, 0.5) is 17.2 Å². The molecule has 0 amide bonds. The Balaban J connectivity index is 1.77. The summed E-state index contributed by atoms with van der Waals surface area (Å²) in [4.78, 5) is 9.06. The van der Waals surface area contributed by atoms with E-state index in [2.05, 4.69) is 28.6 Å². The highest BCUT2D eigenvalue weighted by molar-refractivity contribution is 5.68. The van der Waals surface area contributed by atoms with Crippen LogP contribution in [0.25, 0.3) is 0 Å². The van der Waals surface area contributed by atoms with Crippen molar-refractivity contribution in [2.75, 3.05) is 61.5 Å². The third-order valence-electron chi connectivity index (χ3n) is 3.98. The van der Waals surface area contributed by atoms with Gasteiger partial charge in [0.05, 0.1) is 43.0 Å². The lowest BCUT2D eigenvalue weighted by atomic mass is 10.1. The number of nitrogens with zero attached hydrogens (tertiary/aromatic N) is 3. The summed E-state index contributed by atoms with van der Waals surface area (Å²) in [6.07, 6.45) is 1.92. The number of rotatable bonds is 2. The fraction of sp³-hybridized carbons (Fsp3) is 0.667. The standard InChI is InChI=1S/C15H24N4O2/c1-15(2)11-19(5-8-21-15)12-9-13(16)14(17-10-12)18-3-6-20-7-4-18/h9-10H,3-8,11,16H2,1-2H3. The Morgan fingerprint density at radius 3 is 2.52 bits per heavy atom. The second-order valence-corrected chi connectivity index (χ2v) is 6.24. The molecule has 2 saturated heterocycles. The van der Waals surface area contributed by atoms with Crippen molar-refractivity contribution in [1.29, 1.82) is 0 Å². The van der Waals surface area contributed by atoms with E-state index in [1.165, 1.54) is 0 Å². The van der Waals surface area contributed by atoms with Gasteiger partial charge in [0.15, 0.2) is 5.82 Å². The largest absolute Gasteiger partial charge is 0.396 e. The van der Waals surface area contributed by atoms with E-state index in [1.54, 1.807) is 0 Å². The molecular formula is C15H24N4O2. The highest BCUT2D eigenvalue weighted by atomic mass is 16.5. The average Bonchev–Trinajstić information content (AvgIpc) is 2.47. The number of hydrogen-bond donors (Lipinski definition) is 1. The molecule has 0 bridgehead atoms. The summed E-state index contributed by atoms with van der Waals surface area (Å²) in [7, 11) is 0. The highest BCUT2D eigenvalue weighted by Gasteiger charge is 2.28. The van der Waals surface area contributed by atoms with E-state index < -0.39 is 0 Å². The first-order chi connectivity index (χ1) is 10.1. The van der Waals surface area contributed by atoms with Gasteiger partial charge in [0.1, 0.15) is 0 Å². The molecule has 6 heteroatoms. The van der Waals surface area contributed by atoms with Gasteiger partial charge in [-0.05, 0) is 19.9 Å². The maximum Gasteiger partial charge on any atom is 0.152 e. The molecule has 6 nitrogen and oxygen atoms in total. The summed E-state index contributed by atoms with van der Waals surface area (Å²) < 4.78 is 11.1. The Bertz CT molecular complexity index is 500. The summed E-state index contributed by atoms with van der Waals surface area (Å²) >= 11 is 0. The van der Waals surface area contributed by atoms with Gasteiger partial charge in [-0.25, -0.2) is 4.98 Å². The first-order valence-corrected chi connectivity index (χ1v) is 7.52. The number of nitrogens with two attached hydrogens (primary N) is 1. The zero-order valence-corrected chi connectivity index (χ0v) is 12.8. The molecule has 0 saturated carbocycles. The van der Waals surface area contributed by atoms with Crippen molar-refractivity contribution < 1.29 is 9.47 Å². The first-order valence-electron chi connectivity index (χ1n) is 7.52. The lowest BCUT2D eigenvalue weighted by Crippen LogP contribution is -2.48. The number of pyridine rings is 1. The van der Waals surface area contributed by atoms with Gasteiger partial charge in [-0.2, -0.15) is 0 Å². The monoisotopic (exact) mass is 292 g/mol. The van der Waals surface area contributed by atoms with Crippen molar-refractivity contribution in [1.82, 2.24) is 4.98 Å². The van der Waals surface area contributed by atoms with Crippen molar-refractivity contribution >= 4 is 17.2 Å². The molecule has 1 aromatic heterocycles. The maximum atomic E-state index is 6.22. The Kier molecular flexibility index (Phi) is 3.91. The van der Waals surface area contributed by atoms with Crippen molar-refractivity contribution in [2.24, 2.45) is 0 Å². The number of nitrogen functional groups attached to an aromatic ring is 1. The van der Waals surface area contributed by atoms with E-state index in [1.807, 2.05) is 12.3 Å². The molecule has 3 heterocycles. The predicted molar refractivity (Wildman–Crippen MR) is 83.9 cm³/mol. The van der Waals surface area contributed by atoms with Crippen LogP contribution in [-0.4, -0.2) is 56.6 Å². The van der Waals surface area contributed by atoms with Gasteiger partial charge in [-0.3, -0.25) is 0 Å². The van der Waals surface area contributed by atoms with Crippen LogP contribution in [0.15, 0.2) is 12.3 Å². The Morgan fingerprint density at radius 2 is 1.86 bits per heavy atom. The van der Waals surface area contributed by atoms with Crippen molar-refractivity contribution in [3.8, 4) is 0 Å². The molecule has 3 rings (SSSR count). The zero-order valence-electron chi connectivity index (χ0n) is 12.8. The SMILES string of the molecule is CC1(C)CN(c2cnc(N3CCOCC3)c(N)c2)CCO1. The molecule has 0 atom stereocenters. The molecule has 21 heavy (non-hydrogen) atoms. The minimum absolute atomic E-state index is 0.129. The molecule has 2 fully saturated rings. The molecule has 1 aromatic rings. The maximum absolute atomic E-state index is 6.22. The number of aromatic nitrogens is 1. The van der Waals surface area contributed by atoms with Gasteiger partial charge in [-0.1, -0.05) is 0 Å². The smallest absolute Gasteiger partial charge is 0.152 e. The van der Waals surface area contributed by atoms with E-state index in [4.69, 9.17) is 15.2 Å². The third-order valence-corrected chi connectivity index (χ3v) is 3.98. The van der Waals surface area contributed by atoms with Gasteiger partial charge in [0.25, 0.3) is 0 Å². The fourth-order valence-corrected chi connectivity index (χ4v) is 2.91. The Morgan fingerprint density at radius 1 is 1.14 bits per heavy atom. The lowest BCUT2D eigenvalue weighted by Gasteiger charge is -2.39. The quantitative estimate of drug-likeness (QED) is 0.881. The molecule has 0 aliphatic carbocycles.